The van der Waals surface area contributed by atoms with E-state index in [-0.39, 0.29) is 0 Å². The lowest BCUT2D eigenvalue weighted by Crippen LogP contribution is -2.13. The van der Waals surface area contributed by atoms with Gasteiger partial charge < -0.3 is 0 Å². The lowest BCUT2D eigenvalue weighted by atomic mass is 9.78. The summed E-state index contributed by atoms with van der Waals surface area (Å²) in [6.07, 6.45) is 15.6. The summed E-state index contributed by atoms with van der Waals surface area (Å²) in [5.41, 5.74) is 10.6. The average molecular weight is 497 g/mol. The lowest BCUT2D eigenvalue weighted by molar-refractivity contribution is 0.707. The number of hydrogen-bond acceptors (Lipinski definition) is 1. The van der Waals surface area contributed by atoms with Gasteiger partial charge in [0.15, 0.2) is 0 Å². The van der Waals surface area contributed by atoms with E-state index in [0.29, 0.717) is 11.8 Å². The van der Waals surface area contributed by atoms with Crippen LogP contribution in [0.5, 0.6) is 0 Å². The van der Waals surface area contributed by atoms with Crippen LogP contribution in [0.15, 0.2) is 134 Å². The first kappa shape index (κ1) is 21.0. The van der Waals surface area contributed by atoms with Gasteiger partial charge in [0.05, 0.1) is 11.0 Å². The van der Waals surface area contributed by atoms with Crippen molar-refractivity contribution in [1.82, 2.24) is 9.55 Å². The average Bonchev–Trinajstić information content (AvgIpc) is 3.51. The van der Waals surface area contributed by atoms with Gasteiger partial charge in [0.2, 0.25) is 0 Å². The smallest absolute Gasteiger partial charge is 0.137 e. The van der Waals surface area contributed by atoms with Crippen molar-refractivity contribution < 1.29 is 0 Å². The molecule has 0 amide bonds. The third kappa shape index (κ3) is 2.83. The molecule has 2 atom stereocenters. The van der Waals surface area contributed by atoms with Crippen LogP contribution in [0.2, 0.25) is 0 Å². The van der Waals surface area contributed by atoms with E-state index in [1.807, 2.05) is 12.3 Å². The molecule has 4 aromatic carbocycles. The summed E-state index contributed by atoms with van der Waals surface area (Å²) in [6, 6.07) is 33.2. The highest BCUT2D eigenvalue weighted by molar-refractivity contribution is 6.22. The summed E-state index contributed by atoms with van der Waals surface area (Å²) >= 11 is 0. The molecule has 2 aromatic heterocycles. The number of benzene rings is 4. The predicted octanol–water partition coefficient (Wildman–Crippen LogP) is 9.15. The van der Waals surface area contributed by atoms with Crippen molar-refractivity contribution in [3.05, 3.63) is 145 Å². The van der Waals surface area contributed by atoms with Crippen LogP contribution in [0.4, 0.5) is 0 Å². The first-order valence-electron chi connectivity index (χ1n) is 13.6. The summed E-state index contributed by atoms with van der Waals surface area (Å²) in [6.45, 7) is 0. The van der Waals surface area contributed by atoms with E-state index in [1.54, 1.807) is 0 Å². The molecular formula is C37H24N2. The highest BCUT2D eigenvalue weighted by Gasteiger charge is 2.37. The largest absolute Gasteiger partial charge is 0.293 e. The monoisotopic (exact) mass is 496 g/mol. The van der Waals surface area contributed by atoms with Crippen molar-refractivity contribution in [1.29, 1.82) is 0 Å². The molecule has 1 unspecified atom stereocenters. The molecule has 0 N–H and O–H groups in total. The van der Waals surface area contributed by atoms with Gasteiger partial charge in [0.1, 0.15) is 5.82 Å². The molecule has 0 saturated heterocycles. The van der Waals surface area contributed by atoms with Crippen LogP contribution in [-0.4, -0.2) is 9.55 Å². The van der Waals surface area contributed by atoms with E-state index >= 15 is 0 Å². The molecule has 0 fully saturated rings. The second-order valence-corrected chi connectivity index (χ2v) is 10.7. The summed E-state index contributed by atoms with van der Waals surface area (Å²) in [7, 11) is 0. The summed E-state index contributed by atoms with van der Waals surface area (Å²) in [5, 5.41) is 5.01. The van der Waals surface area contributed by atoms with Gasteiger partial charge in [-0.15, -0.1) is 0 Å². The minimum absolute atomic E-state index is 0.445. The molecule has 2 heteroatoms. The zero-order chi connectivity index (χ0) is 25.5. The number of rotatable bonds is 2. The molecule has 3 aliphatic carbocycles. The molecule has 9 rings (SSSR count). The van der Waals surface area contributed by atoms with E-state index in [4.69, 9.17) is 4.98 Å². The highest BCUT2D eigenvalue weighted by Crippen LogP contribution is 2.53. The van der Waals surface area contributed by atoms with E-state index in [1.165, 1.54) is 66.0 Å². The topological polar surface area (TPSA) is 17.8 Å². The second-order valence-electron chi connectivity index (χ2n) is 10.7. The van der Waals surface area contributed by atoms with Gasteiger partial charge in [-0.3, -0.25) is 4.57 Å². The molecule has 3 aliphatic rings. The van der Waals surface area contributed by atoms with Crippen LogP contribution >= 0.6 is 0 Å². The molecule has 0 aliphatic heterocycles. The quantitative estimate of drug-likeness (QED) is 0.234. The minimum Gasteiger partial charge on any atom is -0.293 e. The zero-order valence-electron chi connectivity index (χ0n) is 21.3. The number of para-hydroxylation sites is 1. The Bertz CT molecular complexity index is 2120. The SMILES string of the molecule is C1=CC2C=CC=C3c4cc(-c5cc6c7ccccc7n(-c7ccccn7)c6c6ccccc56)ccc4C(=C1)[C@@H]32. The third-order valence-corrected chi connectivity index (χ3v) is 8.78. The Morgan fingerprint density at radius 2 is 1.33 bits per heavy atom. The molecule has 2 nitrogen and oxygen atoms in total. The van der Waals surface area contributed by atoms with Gasteiger partial charge in [-0.1, -0.05) is 97.1 Å². The van der Waals surface area contributed by atoms with Crippen molar-refractivity contribution >= 4 is 43.7 Å². The normalized spacial score (nSPS) is 18.9. The van der Waals surface area contributed by atoms with Crippen molar-refractivity contribution in [2.45, 2.75) is 0 Å². The van der Waals surface area contributed by atoms with Crippen LogP contribution in [-0.2, 0) is 0 Å². The van der Waals surface area contributed by atoms with Gasteiger partial charge in [-0.05, 0) is 69.1 Å². The number of nitrogens with zero attached hydrogens (tertiary/aromatic N) is 2. The fourth-order valence-corrected chi connectivity index (χ4v) is 7.15. The molecular weight excluding hydrogens is 472 g/mol. The van der Waals surface area contributed by atoms with Crippen molar-refractivity contribution in [2.75, 3.05) is 0 Å². The molecule has 0 spiro atoms. The van der Waals surface area contributed by atoms with Crippen LogP contribution in [0.1, 0.15) is 11.1 Å². The Balaban J connectivity index is 1.36. The Hall–Kier alpha value is -4.95. The molecule has 182 valence electrons. The molecule has 39 heavy (non-hydrogen) atoms. The number of pyridine rings is 1. The Labute approximate surface area is 226 Å². The number of aromatic nitrogens is 2. The molecule has 2 heterocycles. The maximum atomic E-state index is 4.75. The van der Waals surface area contributed by atoms with Gasteiger partial charge >= 0.3 is 0 Å². The number of hydrogen-bond donors (Lipinski definition) is 0. The summed E-state index contributed by atoms with van der Waals surface area (Å²) < 4.78 is 2.32. The molecule has 0 saturated carbocycles. The van der Waals surface area contributed by atoms with Gasteiger partial charge in [0, 0.05) is 34.2 Å². The first-order valence-corrected chi connectivity index (χ1v) is 13.6. The lowest BCUT2D eigenvalue weighted by Gasteiger charge is -2.25. The van der Waals surface area contributed by atoms with Crippen molar-refractivity contribution in [3.63, 3.8) is 0 Å². The van der Waals surface area contributed by atoms with Crippen molar-refractivity contribution in [2.24, 2.45) is 11.8 Å². The minimum atomic E-state index is 0.445. The standard InChI is InChI=1S/C37H24N2/c1-2-13-30-25(11-1)31(22-33-27-12-3-4-16-34(27)39(37(30)33)35-17-5-6-20-38-35)24-18-19-26-28-14-7-9-23-10-8-15-29(36(23)28)32(26)21-24/h1-23,36H/t23?,36-/m0/s1. The Morgan fingerprint density at radius 3 is 2.15 bits per heavy atom. The van der Waals surface area contributed by atoms with E-state index in [0.717, 1.165) is 5.82 Å². The number of allylic oxidation sites excluding steroid dienone is 8. The van der Waals surface area contributed by atoms with Crippen LogP contribution < -0.4 is 0 Å². The zero-order valence-corrected chi connectivity index (χ0v) is 21.3. The van der Waals surface area contributed by atoms with Gasteiger partial charge in [0.25, 0.3) is 0 Å². The highest BCUT2D eigenvalue weighted by atomic mass is 15.1. The maximum absolute atomic E-state index is 4.75. The maximum Gasteiger partial charge on any atom is 0.137 e. The fraction of sp³-hybridized carbons (Fsp3) is 0.0541. The molecule has 6 aromatic rings. The summed E-state index contributed by atoms with van der Waals surface area (Å²) in [4.78, 5) is 4.75. The number of fused-ring (bicyclic) bond motifs is 8. The van der Waals surface area contributed by atoms with Crippen LogP contribution in [0, 0.1) is 11.8 Å². The Morgan fingerprint density at radius 1 is 0.590 bits per heavy atom. The van der Waals surface area contributed by atoms with Crippen molar-refractivity contribution in [3.8, 4) is 16.9 Å². The van der Waals surface area contributed by atoms with E-state index in [9.17, 15) is 0 Å². The third-order valence-electron chi connectivity index (χ3n) is 8.78. The summed E-state index contributed by atoms with van der Waals surface area (Å²) in [5.74, 6) is 1.84. The van der Waals surface area contributed by atoms with Crippen LogP contribution in [0.25, 0.3) is 60.7 Å². The van der Waals surface area contributed by atoms with E-state index in [2.05, 4.69) is 126 Å². The van der Waals surface area contributed by atoms with Crippen LogP contribution in [0.3, 0.4) is 0 Å². The fourth-order valence-electron chi connectivity index (χ4n) is 7.15. The molecule has 0 radical (unpaired) electrons. The second kappa shape index (κ2) is 7.78. The van der Waals surface area contributed by atoms with Gasteiger partial charge in [-0.2, -0.15) is 0 Å². The molecule has 0 bridgehead atoms. The Kier molecular flexibility index (Phi) is 4.20. The first-order chi connectivity index (χ1) is 19.4. The van der Waals surface area contributed by atoms with Gasteiger partial charge in [-0.25, -0.2) is 4.98 Å². The predicted molar refractivity (Wildman–Crippen MR) is 163 cm³/mol. The van der Waals surface area contributed by atoms with E-state index < -0.39 is 0 Å².